The van der Waals surface area contributed by atoms with Gasteiger partial charge in [0.25, 0.3) is 0 Å². The van der Waals surface area contributed by atoms with Crippen LogP contribution in [-0.2, 0) is 6.54 Å². The summed E-state index contributed by atoms with van der Waals surface area (Å²) < 4.78 is 13.9. The van der Waals surface area contributed by atoms with Crippen molar-refractivity contribution in [1.82, 2.24) is 5.32 Å². The molecule has 0 amide bonds. The molecule has 0 aromatic heterocycles. The Balaban J connectivity index is 2.03. The Hall–Kier alpha value is -0.600. The SMILES string of the molecule is CC(C)(C)C1CCCCC1NCc1cccc(Cl)c1F. The predicted octanol–water partition coefficient (Wildman–Crippen LogP) is 5.17. The fraction of sp³-hybridized carbons (Fsp3) is 0.647. The molecule has 2 rings (SSSR count). The van der Waals surface area contributed by atoms with E-state index in [1.807, 2.05) is 12.1 Å². The molecule has 112 valence electrons. The van der Waals surface area contributed by atoms with E-state index in [-0.39, 0.29) is 10.8 Å². The number of hydrogen-bond acceptors (Lipinski definition) is 1. The first-order valence-corrected chi connectivity index (χ1v) is 7.93. The van der Waals surface area contributed by atoms with Gasteiger partial charge in [-0.25, -0.2) is 4.39 Å². The Bertz CT molecular complexity index is 453. The van der Waals surface area contributed by atoms with E-state index in [0.29, 0.717) is 29.5 Å². The summed E-state index contributed by atoms with van der Waals surface area (Å²) in [6.45, 7) is 7.47. The molecule has 3 heteroatoms. The molecule has 20 heavy (non-hydrogen) atoms. The van der Waals surface area contributed by atoms with Gasteiger partial charge in [-0.15, -0.1) is 0 Å². The van der Waals surface area contributed by atoms with E-state index in [2.05, 4.69) is 26.1 Å². The lowest BCUT2D eigenvalue weighted by atomic mass is 9.69. The van der Waals surface area contributed by atoms with E-state index in [9.17, 15) is 4.39 Å². The minimum Gasteiger partial charge on any atom is -0.310 e. The maximum Gasteiger partial charge on any atom is 0.146 e. The Kier molecular flexibility index (Phi) is 5.09. The van der Waals surface area contributed by atoms with Gasteiger partial charge < -0.3 is 5.32 Å². The number of halogens is 2. The number of nitrogens with one attached hydrogen (secondary N) is 1. The second-order valence-corrected chi connectivity index (χ2v) is 7.36. The lowest BCUT2D eigenvalue weighted by Crippen LogP contribution is -2.44. The van der Waals surface area contributed by atoms with E-state index in [1.165, 1.54) is 25.7 Å². The van der Waals surface area contributed by atoms with Crippen LogP contribution in [0, 0.1) is 17.2 Å². The van der Waals surface area contributed by atoms with Crippen molar-refractivity contribution >= 4 is 11.6 Å². The molecular weight excluding hydrogens is 273 g/mol. The van der Waals surface area contributed by atoms with Gasteiger partial charge in [0.05, 0.1) is 5.02 Å². The van der Waals surface area contributed by atoms with Crippen molar-refractivity contribution in [2.24, 2.45) is 11.3 Å². The molecule has 1 aromatic rings. The molecule has 0 radical (unpaired) electrons. The molecule has 2 atom stereocenters. The Morgan fingerprint density at radius 2 is 1.95 bits per heavy atom. The smallest absolute Gasteiger partial charge is 0.146 e. The topological polar surface area (TPSA) is 12.0 Å². The summed E-state index contributed by atoms with van der Waals surface area (Å²) >= 11 is 5.83. The van der Waals surface area contributed by atoms with Crippen LogP contribution in [0.25, 0.3) is 0 Å². The van der Waals surface area contributed by atoms with E-state index in [0.717, 1.165) is 0 Å². The molecule has 1 aromatic carbocycles. The number of rotatable bonds is 3. The number of hydrogen-bond donors (Lipinski definition) is 1. The molecule has 1 N–H and O–H groups in total. The fourth-order valence-electron chi connectivity index (χ4n) is 3.34. The molecule has 0 heterocycles. The van der Waals surface area contributed by atoms with Crippen molar-refractivity contribution in [3.8, 4) is 0 Å². The van der Waals surface area contributed by atoms with Crippen LogP contribution in [0.4, 0.5) is 4.39 Å². The Morgan fingerprint density at radius 3 is 2.65 bits per heavy atom. The summed E-state index contributed by atoms with van der Waals surface area (Å²) in [4.78, 5) is 0. The van der Waals surface area contributed by atoms with Crippen LogP contribution in [0.1, 0.15) is 52.0 Å². The van der Waals surface area contributed by atoms with E-state index >= 15 is 0 Å². The predicted molar refractivity (Wildman–Crippen MR) is 83.5 cm³/mol. The molecule has 1 saturated carbocycles. The van der Waals surface area contributed by atoms with Gasteiger partial charge in [-0.3, -0.25) is 0 Å². The van der Waals surface area contributed by atoms with Crippen LogP contribution in [-0.4, -0.2) is 6.04 Å². The first kappa shape index (κ1) is 15.8. The van der Waals surface area contributed by atoms with Crippen LogP contribution in [0.5, 0.6) is 0 Å². The molecule has 1 nitrogen and oxygen atoms in total. The zero-order chi connectivity index (χ0) is 14.8. The zero-order valence-electron chi connectivity index (χ0n) is 12.7. The third-order valence-electron chi connectivity index (χ3n) is 4.46. The van der Waals surface area contributed by atoms with Crippen LogP contribution in [0.2, 0.25) is 5.02 Å². The minimum absolute atomic E-state index is 0.209. The van der Waals surface area contributed by atoms with Gasteiger partial charge in [-0.05, 0) is 30.2 Å². The normalized spacial score (nSPS) is 23.9. The lowest BCUT2D eigenvalue weighted by Gasteiger charge is -2.41. The largest absolute Gasteiger partial charge is 0.310 e. The van der Waals surface area contributed by atoms with Crippen LogP contribution >= 0.6 is 11.6 Å². The van der Waals surface area contributed by atoms with Crippen molar-refractivity contribution in [2.45, 2.75) is 59.0 Å². The average molecular weight is 298 g/mol. The highest BCUT2D eigenvalue weighted by Gasteiger charge is 2.33. The molecule has 1 fully saturated rings. The van der Waals surface area contributed by atoms with Crippen molar-refractivity contribution in [3.05, 3.63) is 34.6 Å². The van der Waals surface area contributed by atoms with Gasteiger partial charge in [0.2, 0.25) is 0 Å². The first-order valence-electron chi connectivity index (χ1n) is 7.56. The second-order valence-electron chi connectivity index (χ2n) is 6.96. The van der Waals surface area contributed by atoms with Gasteiger partial charge >= 0.3 is 0 Å². The quantitative estimate of drug-likeness (QED) is 0.811. The third kappa shape index (κ3) is 3.73. The molecule has 1 aliphatic carbocycles. The lowest BCUT2D eigenvalue weighted by molar-refractivity contribution is 0.130. The Labute approximate surface area is 126 Å². The zero-order valence-corrected chi connectivity index (χ0v) is 13.4. The molecule has 1 aliphatic rings. The van der Waals surface area contributed by atoms with Crippen molar-refractivity contribution in [2.75, 3.05) is 0 Å². The molecule has 0 aliphatic heterocycles. The highest BCUT2D eigenvalue weighted by Crippen LogP contribution is 2.38. The minimum atomic E-state index is -0.287. The summed E-state index contributed by atoms with van der Waals surface area (Å²) in [6, 6.07) is 5.69. The van der Waals surface area contributed by atoms with E-state index in [4.69, 9.17) is 11.6 Å². The summed E-state index contributed by atoms with van der Waals surface area (Å²) in [6.07, 6.45) is 5.03. The molecule has 0 spiro atoms. The van der Waals surface area contributed by atoms with Crippen molar-refractivity contribution in [3.63, 3.8) is 0 Å². The maximum atomic E-state index is 13.9. The van der Waals surface area contributed by atoms with Gasteiger partial charge in [0, 0.05) is 18.2 Å². The van der Waals surface area contributed by atoms with Gasteiger partial charge in [-0.1, -0.05) is 57.3 Å². The summed E-state index contributed by atoms with van der Waals surface area (Å²) in [5.74, 6) is 0.364. The standard InChI is InChI=1S/C17H25ClFN/c1-17(2,3)13-8-4-5-10-15(13)20-11-12-7-6-9-14(18)16(12)19/h6-7,9,13,15,20H,4-5,8,10-11H2,1-3H3. The average Bonchev–Trinajstić information content (AvgIpc) is 2.40. The molecule has 2 unspecified atom stereocenters. The molecule has 0 saturated heterocycles. The fourth-order valence-corrected chi connectivity index (χ4v) is 3.53. The highest BCUT2D eigenvalue weighted by molar-refractivity contribution is 6.30. The molecular formula is C17H25ClFN. The van der Waals surface area contributed by atoms with Crippen molar-refractivity contribution < 1.29 is 4.39 Å². The summed E-state index contributed by atoms with van der Waals surface area (Å²) in [5.41, 5.74) is 0.959. The Morgan fingerprint density at radius 1 is 1.25 bits per heavy atom. The number of benzene rings is 1. The van der Waals surface area contributed by atoms with Gasteiger partial charge in [-0.2, -0.15) is 0 Å². The monoisotopic (exact) mass is 297 g/mol. The van der Waals surface area contributed by atoms with E-state index < -0.39 is 0 Å². The van der Waals surface area contributed by atoms with Crippen molar-refractivity contribution in [1.29, 1.82) is 0 Å². The van der Waals surface area contributed by atoms with Crippen LogP contribution in [0.15, 0.2) is 18.2 Å². The summed E-state index contributed by atoms with van der Waals surface area (Å²) in [5, 5.41) is 3.77. The molecule has 0 bridgehead atoms. The van der Waals surface area contributed by atoms with Crippen LogP contribution < -0.4 is 5.32 Å². The van der Waals surface area contributed by atoms with Gasteiger partial charge in [0.1, 0.15) is 5.82 Å². The second kappa shape index (κ2) is 6.44. The first-order chi connectivity index (χ1) is 9.39. The van der Waals surface area contributed by atoms with Crippen LogP contribution in [0.3, 0.4) is 0 Å². The third-order valence-corrected chi connectivity index (χ3v) is 4.76. The van der Waals surface area contributed by atoms with Gasteiger partial charge in [0.15, 0.2) is 0 Å². The highest BCUT2D eigenvalue weighted by atomic mass is 35.5. The van der Waals surface area contributed by atoms with E-state index in [1.54, 1.807) is 6.07 Å². The maximum absolute atomic E-state index is 13.9. The summed E-state index contributed by atoms with van der Waals surface area (Å²) in [7, 11) is 0.